The van der Waals surface area contributed by atoms with Crippen LogP contribution < -0.4 is 10.5 Å². The Bertz CT molecular complexity index is 916. The third-order valence-corrected chi connectivity index (χ3v) is 6.80. The maximum absolute atomic E-state index is 13.3. The lowest BCUT2D eigenvalue weighted by molar-refractivity contribution is -0.160. The van der Waals surface area contributed by atoms with Crippen LogP contribution in [-0.2, 0) is 19.7 Å². The minimum absolute atomic E-state index is 0.00233. The zero-order valence-electron chi connectivity index (χ0n) is 15.7. The first-order valence-electron chi connectivity index (χ1n) is 8.42. The van der Waals surface area contributed by atoms with E-state index in [2.05, 4.69) is 20.9 Å². The predicted molar refractivity (Wildman–Crippen MR) is 99.5 cm³/mol. The van der Waals surface area contributed by atoms with E-state index < -0.39 is 51.0 Å². The molecule has 15 heteroatoms. The van der Waals surface area contributed by atoms with Crippen molar-refractivity contribution in [1.29, 1.82) is 0 Å². The normalized spacial score (nSPS) is 19.8. The molecule has 168 valence electrons. The van der Waals surface area contributed by atoms with Crippen molar-refractivity contribution in [3.05, 3.63) is 23.9 Å². The number of sulfonamides is 1. The van der Waals surface area contributed by atoms with Gasteiger partial charge in [-0.15, -0.1) is 0 Å². The lowest BCUT2D eigenvalue weighted by Gasteiger charge is -2.34. The molecule has 0 bridgehead atoms. The number of rotatable bonds is 8. The third-order valence-electron chi connectivity index (χ3n) is 4.12. The highest BCUT2D eigenvalue weighted by Crippen LogP contribution is 2.34. The van der Waals surface area contributed by atoms with E-state index in [-0.39, 0.29) is 22.3 Å². The highest BCUT2D eigenvalue weighted by Gasteiger charge is 2.57. The minimum atomic E-state index is -5.94. The summed E-state index contributed by atoms with van der Waals surface area (Å²) in [5, 5.41) is -0.605. The van der Waals surface area contributed by atoms with E-state index in [9.17, 15) is 31.2 Å². The molecule has 0 aromatic carbocycles. The fourth-order valence-electron chi connectivity index (χ4n) is 2.64. The lowest BCUT2D eigenvalue weighted by atomic mass is 10.2. The second-order valence-electron chi connectivity index (χ2n) is 6.08. The van der Waals surface area contributed by atoms with Gasteiger partial charge < -0.3 is 10.5 Å². The van der Waals surface area contributed by atoms with Crippen molar-refractivity contribution in [2.75, 3.05) is 13.2 Å². The van der Waals surface area contributed by atoms with Crippen molar-refractivity contribution in [1.82, 2.24) is 14.4 Å². The van der Waals surface area contributed by atoms with Gasteiger partial charge in [-0.3, -0.25) is 14.4 Å². The molecule has 1 saturated heterocycles. The number of alkyl halides is 4. The van der Waals surface area contributed by atoms with Crippen LogP contribution in [0.1, 0.15) is 24.2 Å². The van der Waals surface area contributed by atoms with Crippen molar-refractivity contribution in [3.8, 4) is 5.88 Å². The van der Waals surface area contributed by atoms with Crippen molar-refractivity contribution < 1.29 is 40.8 Å². The first-order chi connectivity index (χ1) is 13.8. The molecular weight excluding hydrogens is 501 g/mol. The Kier molecular flexibility index (Phi) is 7.32. The summed E-state index contributed by atoms with van der Waals surface area (Å²) in [7, 11) is -5.94. The third kappa shape index (κ3) is 4.84. The molecule has 10 nitrogen and oxygen atoms in total. The Labute approximate surface area is 178 Å². The minimum Gasteiger partial charge on any atom is -0.461 e. The molecule has 0 spiro atoms. The maximum atomic E-state index is 13.3. The van der Waals surface area contributed by atoms with Gasteiger partial charge in [-0.25, -0.2) is 18.5 Å². The number of nitrogens with zero attached hydrogens (tertiary/aromatic N) is 3. The Hall–Kier alpha value is -1.97. The fraction of sp³-hybridized carbons (Fsp3) is 0.533. The van der Waals surface area contributed by atoms with Gasteiger partial charge in [0.15, 0.2) is 5.01 Å². The highest BCUT2D eigenvalue weighted by molar-refractivity contribution is 9.09. The number of carbonyl (C=O) groups is 2. The zero-order chi connectivity index (χ0) is 22.9. The number of halogens is 4. The number of primary amides is 1. The summed E-state index contributed by atoms with van der Waals surface area (Å²) >= 11 is 2.98. The van der Waals surface area contributed by atoms with E-state index in [1.807, 2.05) is 0 Å². The summed E-state index contributed by atoms with van der Waals surface area (Å²) in [6, 6.07) is -0.866. The molecule has 2 N–H and O–H groups in total. The van der Waals surface area contributed by atoms with Gasteiger partial charge in [0.25, 0.3) is 5.91 Å². The molecule has 1 aliphatic heterocycles. The molecule has 1 aromatic rings. The van der Waals surface area contributed by atoms with Gasteiger partial charge in [-0.1, -0.05) is 0 Å². The molecule has 2 amide bonds. The molecule has 2 heterocycles. The first-order valence-corrected chi connectivity index (χ1v) is 10.8. The molecule has 3 atom stereocenters. The monoisotopic (exact) mass is 518 g/mol. The maximum Gasteiger partial charge on any atom is 0.511 e. The molecule has 1 aliphatic rings. The number of likely N-dealkylation sites (N-methyl/N-ethyl adjacent to an activating group) is 1. The van der Waals surface area contributed by atoms with Gasteiger partial charge in [0, 0.05) is 24.4 Å². The number of carbonyl (C=O) groups excluding carboxylic acids is 2. The summed E-state index contributed by atoms with van der Waals surface area (Å²) in [6.45, 7) is 2.05. The first kappa shape index (κ1) is 24.3. The van der Waals surface area contributed by atoms with Crippen LogP contribution in [0.4, 0.5) is 13.2 Å². The second kappa shape index (κ2) is 9.03. The number of amides is 2. The van der Waals surface area contributed by atoms with Crippen LogP contribution in [-0.4, -0.2) is 70.3 Å². The Morgan fingerprint density at radius 2 is 2.17 bits per heavy atom. The van der Waals surface area contributed by atoms with Crippen LogP contribution in [0.5, 0.6) is 5.88 Å². The van der Waals surface area contributed by atoms with Crippen LogP contribution >= 0.6 is 15.9 Å². The van der Waals surface area contributed by atoms with Crippen molar-refractivity contribution in [2.24, 2.45) is 5.73 Å². The molecule has 30 heavy (non-hydrogen) atoms. The van der Waals surface area contributed by atoms with Gasteiger partial charge in [0.2, 0.25) is 11.8 Å². The largest absolute Gasteiger partial charge is 0.511 e. The number of ether oxygens (including phenoxy) is 1. The van der Waals surface area contributed by atoms with E-state index in [0.717, 1.165) is 18.1 Å². The van der Waals surface area contributed by atoms with E-state index in [1.54, 1.807) is 0 Å². The van der Waals surface area contributed by atoms with Crippen LogP contribution in [0.3, 0.4) is 0 Å². The van der Waals surface area contributed by atoms with E-state index in [0.29, 0.717) is 0 Å². The molecule has 1 unspecified atom stereocenters. The summed E-state index contributed by atoms with van der Waals surface area (Å²) in [6.07, 6.45) is 1.18. The number of pyridine rings is 1. The molecule has 0 radical (unpaired) electrons. The van der Waals surface area contributed by atoms with Crippen LogP contribution in [0.25, 0.3) is 0 Å². The average molecular weight is 519 g/mol. The Morgan fingerprint density at radius 3 is 2.67 bits per heavy atom. The average Bonchev–Trinajstić information content (AvgIpc) is 3.01. The van der Waals surface area contributed by atoms with Crippen molar-refractivity contribution >= 4 is 37.8 Å². The SMILES string of the molecule is CCN1OC[C@@H](N([C@@H](C)C(Br)Oc2cc(C(N)=O)ccn2)S(=O)(=O)C(F)(F)F)C1=O. The van der Waals surface area contributed by atoms with Gasteiger partial charge in [0.1, 0.15) is 12.6 Å². The number of aromatic nitrogens is 1. The molecule has 1 fully saturated rings. The van der Waals surface area contributed by atoms with E-state index in [4.69, 9.17) is 15.3 Å². The van der Waals surface area contributed by atoms with Crippen LogP contribution in [0, 0.1) is 0 Å². The smallest absolute Gasteiger partial charge is 0.461 e. The molecule has 0 saturated carbocycles. The van der Waals surface area contributed by atoms with Crippen LogP contribution in [0.15, 0.2) is 18.3 Å². The summed E-state index contributed by atoms with van der Waals surface area (Å²) in [4.78, 5) is 32.4. The summed E-state index contributed by atoms with van der Waals surface area (Å²) < 4.78 is 69.8. The Morgan fingerprint density at radius 1 is 1.53 bits per heavy atom. The second-order valence-corrected chi connectivity index (χ2v) is 8.82. The van der Waals surface area contributed by atoms with Crippen LogP contribution in [0.2, 0.25) is 0 Å². The standard InChI is InChI=1S/C15H18BrF3N4O6S/c1-3-22-14(25)10(7-28-22)23(30(26,27)15(17,18)19)8(2)12(16)29-11-6-9(13(20)24)4-5-21-11/h4-6,8,10,12H,3,7H2,1-2H3,(H2,20,24)/t8-,10+,12?/m0/s1. The van der Waals surface area contributed by atoms with Gasteiger partial charge in [0.05, 0.1) is 6.04 Å². The molecule has 2 rings (SSSR count). The van der Waals surface area contributed by atoms with Gasteiger partial charge in [-0.2, -0.15) is 17.5 Å². The number of hydrogen-bond donors (Lipinski definition) is 1. The quantitative estimate of drug-likeness (QED) is 0.507. The highest BCUT2D eigenvalue weighted by atomic mass is 79.9. The number of hydrogen-bond acceptors (Lipinski definition) is 7. The summed E-state index contributed by atoms with van der Waals surface area (Å²) in [5.41, 5.74) is -0.502. The van der Waals surface area contributed by atoms with Crippen molar-refractivity contribution in [3.63, 3.8) is 0 Å². The molecule has 1 aromatic heterocycles. The zero-order valence-corrected chi connectivity index (χ0v) is 18.1. The lowest BCUT2D eigenvalue weighted by Crippen LogP contribution is -2.57. The summed E-state index contributed by atoms with van der Waals surface area (Å²) in [5.74, 6) is -1.93. The van der Waals surface area contributed by atoms with E-state index in [1.165, 1.54) is 19.2 Å². The van der Waals surface area contributed by atoms with Crippen molar-refractivity contribution in [2.45, 2.75) is 36.5 Å². The van der Waals surface area contributed by atoms with Gasteiger partial charge >= 0.3 is 15.5 Å². The predicted octanol–water partition coefficient (Wildman–Crippen LogP) is 0.983. The molecular formula is C15H18BrF3N4O6S. The van der Waals surface area contributed by atoms with Gasteiger partial charge in [-0.05, 0) is 35.8 Å². The molecule has 0 aliphatic carbocycles. The Balaban J connectivity index is 2.37. The topological polar surface area (TPSA) is 132 Å². The number of hydroxylamine groups is 2. The fourth-order valence-corrected chi connectivity index (χ4v) is 4.51. The van der Waals surface area contributed by atoms with E-state index >= 15 is 0 Å². The number of nitrogens with two attached hydrogens (primary N) is 1.